The SMILES string of the molecule is CC.Cc1cc(N)cc(C)c1NC(=O)c1ccccc1.N#Cc1ccc(N)c(C#N)c1. The maximum Gasteiger partial charge on any atom is 0.255 e. The Hall–Kier alpha value is -4.29. The second kappa shape index (κ2) is 12.3. The number of nitrogens with two attached hydrogens (primary N) is 2. The van der Waals surface area contributed by atoms with Crippen molar-refractivity contribution in [2.45, 2.75) is 27.7 Å². The number of carbonyl (C=O) groups excluding carboxylic acids is 1. The molecule has 6 heteroatoms. The van der Waals surface area contributed by atoms with Crippen molar-refractivity contribution in [1.82, 2.24) is 0 Å². The van der Waals surface area contributed by atoms with Crippen LogP contribution in [0.25, 0.3) is 0 Å². The van der Waals surface area contributed by atoms with E-state index >= 15 is 0 Å². The Kier molecular flexibility index (Phi) is 9.83. The number of nitriles is 2. The van der Waals surface area contributed by atoms with Gasteiger partial charge in [-0.05, 0) is 67.4 Å². The molecule has 0 aromatic heterocycles. The van der Waals surface area contributed by atoms with Crippen LogP contribution in [0.4, 0.5) is 17.1 Å². The molecule has 0 aliphatic heterocycles. The van der Waals surface area contributed by atoms with Gasteiger partial charge in [-0.1, -0.05) is 32.0 Å². The highest BCUT2D eigenvalue weighted by atomic mass is 16.1. The number of nitrogens with one attached hydrogen (secondary N) is 1. The van der Waals surface area contributed by atoms with Crippen molar-refractivity contribution < 1.29 is 4.79 Å². The van der Waals surface area contributed by atoms with Crippen molar-refractivity contribution >= 4 is 23.0 Å². The zero-order valence-electron chi connectivity index (χ0n) is 18.2. The second-order valence-electron chi connectivity index (χ2n) is 6.38. The third kappa shape index (κ3) is 7.23. The lowest BCUT2D eigenvalue weighted by atomic mass is 10.1. The van der Waals surface area contributed by atoms with Crippen LogP contribution in [0.15, 0.2) is 60.7 Å². The molecule has 0 saturated heterocycles. The van der Waals surface area contributed by atoms with E-state index in [1.165, 1.54) is 6.07 Å². The Morgan fingerprint density at radius 3 is 1.97 bits per heavy atom. The molecule has 0 saturated carbocycles. The van der Waals surface area contributed by atoms with E-state index in [2.05, 4.69) is 5.32 Å². The van der Waals surface area contributed by atoms with Gasteiger partial charge in [0.25, 0.3) is 5.91 Å². The summed E-state index contributed by atoms with van der Waals surface area (Å²) in [5.74, 6) is -0.105. The van der Waals surface area contributed by atoms with E-state index < -0.39 is 0 Å². The molecule has 0 atom stereocenters. The van der Waals surface area contributed by atoms with E-state index in [0.717, 1.165) is 16.8 Å². The molecule has 0 aliphatic carbocycles. The van der Waals surface area contributed by atoms with Crippen molar-refractivity contribution in [1.29, 1.82) is 10.5 Å². The van der Waals surface area contributed by atoms with Gasteiger partial charge in [-0.2, -0.15) is 10.5 Å². The maximum absolute atomic E-state index is 12.1. The lowest BCUT2D eigenvalue weighted by molar-refractivity contribution is 0.102. The Bertz CT molecular complexity index is 1090. The number of nitrogens with zero attached hydrogens (tertiary/aromatic N) is 2. The van der Waals surface area contributed by atoms with Crippen LogP contribution in [0, 0.1) is 36.5 Å². The number of nitrogen functional groups attached to an aromatic ring is 2. The number of hydrogen-bond donors (Lipinski definition) is 3. The minimum Gasteiger partial charge on any atom is -0.399 e. The van der Waals surface area contributed by atoms with Crippen molar-refractivity contribution in [2.24, 2.45) is 0 Å². The summed E-state index contributed by atoms with van der Waals surface area (Å²) in [6.07, 6.45) is 0. The number of rotatable bonds is 2. The first kappa shape index (κ1) is 24.7. The van der Waals surface area contributed by atoms with E-state index in [0.29, 0.717) is 28.1 Å². The largest absolute Gasteiger partial charge is 0.399 e. The van der Waals surface area contributed by atoms with E-state index in [-0.39, 0.29) is 5.91 Å². The number of aryl methyl sites for hydroxylation is 2. The molecule has 3 rings (SSSR count). The summed E-state index contributed by atoms with van der Waals surface area (Å²) >= 11 is 0. The van der Waals surface area contributed by atoms with Crippen LogP contribution >= 0.6 is 0 Å². The molecule has 5 N–H and O–H groups in total. The molecule has 3 aromatic rings. The molecule has 31 heavy (non-hydrogen) atoms. The topological polar surface area (TPSA) is 129 Å². The fraction of sp³-hybridized carbons (Fsp3) is 0.160. The van der Waals surface area contributed by atoms with Gasteiger partial charge in [0.05, 0.1) is 17.2 Å². The van der Waals surface area contributed by atoms with Crippen LogP contribution in [-0.4, -0.2) is 5.91 Å². The van der Waals surface area contributed by atoms with E-state index in [1.807, 2.05) is 70.2 Å². The Labute approximate surface area is 183 Å². The van der Waals surface area contributed by atoms with Gasteiger partial charge in [0.1, 0.15) is 6.07 Å². The molecule has 6 nitrogen and oxygen atoms in total. The van der Waals surface area contributed by atoms with Crippen LogP contribution in [0.3, 0.4) is 0 Å². The normalized spacial score (nSPS) is 8.97. The number of amides is 1. The van der Waals surface area contributed by atoms with Gasteiger partial charge in [-0.25, -0.2) is 0 Å². The third-order valence-corrected chi connectivity index (χ3v) is 4.13. The first-order chi connectivity index (χ1) is 14.8. The second-order valence-corrected chi connectivity index (χ2v) is 6.38. The monoisotopic (exact) mass is 413 g/mol. The lowest BCUT2D eigenvalue weighted by Gasteiger charge is -2.12. The number of benzene rings is 3. The summed E-state index contributed by atoms with van der Waals surface area (Å²) in [6.45, 7) is 7.87. The molecule has 0 radical (unpaired) electrons. The Morgan fingerprint density at radius 2 is 1.45 bits per heavy atom. The number of anilines is 3. The fourth-order valence-electron chi connectivity index (χ4n) is 2.69. The van der Waals surface area contributed by atoms with Crippen molar-refractivity contribution in [3.63, 3.8) is 0 Å². The average molecular weight is 414 g/mol. The van der Waals surface area contributed by atoms with E-state index in [1.54, 1.807) is 24.3 Å². The quantitative estimate of drug-likeness (QED) is 0.499. The van der Waals surface area contributed by atoms with Gasteiger partial charge in [-0.3, -0.25) is 4.79 Å². The predicted octanol–water partition coefficient (Wildman–Crippen LogP) is 5.18. The summed E-state index contributed by atoms with van der Waals surface area (Å²) in [5, 5.41) is 19.9. The molecule has 0 spiro atoms. The lowest BCUT2D eigenvalue weighted by Crippen LogP contribution is -2.13. The minimum atomic E-state index is -0.105. The van der Waals surface area contributed by atoms with Crippen LogP contribution in [0.2, 0.25) is 0 Å². The summed E-state index contributed by atoms with van der Waals surface area (Å²) in [4.78, 5) is 12.1. The van der Waals surface area contributed by atoms with Crippen LogP contribution in [-0.2, 0) is 0 Å². The molecule has 0 unspecified atom stereocenters. The summed E-state index contributed by atoms with van der Waals surface area (Å²) in [7, 11) is 0. The van der Waals surface area contributed by atoms with Crippen molar-refractivity contribution in [3.05, 3.63) is 88.5 Å². The van der Waals surface area contributed by atoms with Crippen molar-refractivity contribution in [2.75, 3.05) is 16.8 Å². The first-order valence-electron chi connectivity index (χ1n) is 9.78. The minimum absolute atomic E-state index is 0.105. The van der Waals surface area contributed by atoms with Gasteiger partial charge in [-0.15, -0.1) is 0 Å². The highest BCUT2D eigenvalue weighted by Gasteiger charge is 2.09. The third-order valence-electron chi connectivity index (χ3n) is 4.13. The van der Waals surface area contributed by atoms with Gasteiger partial charge in [0.15, 0.2) is 0 Å². The average Bonchev–Trinajstić information content (AvgIpc) is 2.79. The smallest absolute Gasteiger partial charge is 0.255 e. The molecule has 3 aromatic carbocycles. The van der Waals surface area contributed by atoms with Crippen LogP contribution in [0.1, 0.15) is 46.5 Å². The molecular formula is C25H27N5O. The van der Waals surface area contributed by atoms with Crippen LogP contribution < -0.4 is 16.8 Å². The highest BCUT2D eigenvalue weighted by molar-refractivity contribution is 6.05. The van der Waals surface area contributed by atoms with E-state index in [9.17, 15) is 4.79 Å². The molecule has 158 valence electrons. The standard InChI is InChI=1S/C15H16N2O.C8H5N3.C2H6/c1-10-8-13(16)9-11(2)14(10)17-15(18)12-6-4-3-5-7-12;9-4-6-1-2-8(11)7(3-6)5-10;1-2/h3-9H,16H2,1-2H3,(H,17,18);1-3H,11H2;1-2H3. The molecule has 0 fully saturated rings. The summed E-state index contributed by atoms with van der Waals surface area (Å²) in [6, 6.07) is 21.3. The van der Waals surface area contributed by atoms with E-state index in [4.69, 9.17) is 22.0 Å². The molecule has 0 aliphatic rings. The van der Waals surface area contributed by atoms with Gasteiger partial charge in [0, 0.05) is 22.6 Å². The van der Waals surface area contributed by atoms with Gasteiger partial charge in [0.2, 0.25) is 0 Å². The fourth-order valence-corrected chi connectivity index (χ4v) is 2.69. The molecule has 1 amide bonds. The number of carbonyl (C=O) groups is 1. The summed E-state index contributed by atoms with van der Waals surface area (Å²) < 4.78 is 0. The van der Waals surface area contributed by atoms with Gasteiger partial charge < -0.3 is 16.8 Å². The van der Waals surface area contributed by atoms with Gasteiger partial charge >= 0.3 is 0 Å². The molecular weight excluding hydrogens is 386 g/mol. The summed E-state index contributed by atoms with van der Waals surface area (Å²) in [5.41, 5.74) is 16.5. The Balaban J connectivity index is 0.000000317. The highest BCUT2D eigenvalue weighted by Crippen LogP contribution is 2.23. The first-order valence-corrected chi connectivity index (χ1v) is 9.78. The zero-order chi connectivity index (χ0) is 23.4. The molecule has 0 bridgehead atoms. The van der Waals surface area contributed by atoms with Crippen LogP contribution in [0.5, 0.6) is 0 Å². The number of hydrogen-bond acceptors (Lipinski definition) is 5. The molecule has 0 heterocycles. The van der Waals surface area contributed by atoms with Crippen molar-refractivity contribution in [3.8, 4) is 12.1 Å². The maximum atomic E-state index is 12.1. The Morgan fingerprint density at radius 1 is 0.871 bits per heavy atom. The zero-order valence-corrected chi connectivity index (χ0v) is 18.2. The predicted molar refractivity (Wildman–Crippen MR) is 126 cm³/mol.